The lowest BCUT2D eigenvalue weighted by atomic mass is 10.1. The first kappa shape index (κ1) is 16.2. The minimum Gasteiger partial charge on any atom is -0.432 e. The molecule has 0 fully saturated rings. The minimum atomic E-state index is -0.315. The van der Waals surface area contributed by atoms with Crippen molar-refractivity contribution in [3.8, 4) is 22.6 Å². The van der Waals surface area contributed by atoms with Gasteiger partial charge < -0.3 is 14.8 Å². The second-order valence-electron chi connectivity index (χ2n) is 5.86. The van der Waals surface area contributed by atoms with Gasteiger partial charge in [0.25, 0.3) is 0 Å². The number of nitrogens with zero attached hydrogens (tertiary/aromatic N) is 4. The van der Waals surface area contributed by atoms with E-state index in [-0.39, 0.29) is 18.5 Å². The second kappa shape index (κ2) is 6.57. The molecule has 0 aliphatic heterocycles. The third kappa shape index (κ3) is 2.91. The van der Waals surface area contributed by atoms with Crippen LogP contribution >= 0.6 is 0 Å². The van der Waals surface area contributed by atoms with E-state index in [1.807, 2.05) is 6.92 Å². The molecule has 1 aromatic carbocycles. The first-order valence-corrected chi connectivity index (χ1v) is 8.08. The average molecular weight is 353 g/mol. The van der Waals surface area contributed by atoms with Crippen LogP contribution in [0, 0.1) is 5.82 Å². The Morgan fingerprint density at radius 2 is 2.04 bits per heavy atom. The van der Waals surface area contributed by atoms with Crippen LogP contribution in [0.5, 0.6) is 0 Å². The summed E-state index contributed by atoms with van der Waals surface area (Å²) in [6.45, 7) is 1.79. The van der Waals surface area contributed by atoms with Gasteiger partial charge in [-0.15, -0.1) is 0 Å². The van der Waals surface area contributed by atoms with Crippen LogP contribution in [0.25, 0.3) is 28.5 Å². The van der Waals surface area contributed by atoms with E-state index in [4.69, 9.17) is 4.42 Å². The van der Waals surface area contributed by atoms with Crippen molar-refractivity contribution in [3.63, 3.8) is 0 Å². The summed E-state index contributed by atoms with van der Waals surface area (Å²) in [6.07, 6.45) is 4.91. The predicted octanol–water partition coefficient (Wildman–Crippen LogP) is 2.98. The Kier molecular flexibility index (Phi) is 4.10. The van der Waals surface area contributed by atoms with Gasteiger partial charge in [-0.2, -0.15) is 4.98 Å². The third-order valence-corrected chi connectivity index (χ3v) is 3.93. The molecule has 2 N–H and O–H groups in total. The lowest BCUT2D eigenvalue weighted by Crippen LogP contribution is -2.20. The number of imidazole rings is 1. The third-order valence-electron chi connectivity index (χ3n) is 3.93. The maximum atomic E-state index is 13.3. The van der Waals surface area contributed by atoms with Crippen LogP contribution in [-0.4, -0.2) is 37.1 Å². The molecule has 8 heteroatoms. The van der Waals surface area contributed by atoms with Gasteiger partial charge in [0.05, 0.1) is 12.3 Å². The van der Waals surface area contributed by atoms with E-state index in [1.54, 1.807) is 35.0 Å². The van der Waals surface area contributed by atoms with E-state index in [0.29, 0.717) is 28.9 Å². The molecule has 0 aliphatic rings. The van der Waals surface area contributed by atoms with Gasteiger partial charge in [-0.05, 0) is 37.3 Å². The Morgan fingerprint density at radius 1 is 1.23 bits per heavy atom. The number of oxazole rings is 1. The summed E-state index contributed by atoms with van der Waals surface area (Å²) in [6, 6.07) is 7.68. The van der Waals surface area contributed by atoms with Gasteiger partial charge in [0.15, 0.2) is 0 Å². The Hall–Kier alpha value is -3.26. The molecule has 4 rings (SSSR count). The van der Waals surface area contributed by atoms with Crippen LogP contribution in [0.1, 0.15) is 6.92 Å². The van der Waals surface area contributed by atoms with E-state index in [1.165, 1.54) is 18.4 Å². The molecule has 3 heterocycles. The fraction of sp³-hybridized carbons (Fsp3) is 0.167. The standard InChI is InChI=1S/C18H16FN5O2/c1-11(10-25)21-17-20-7-6-14(22-17)16-15(12-2-4-13(19)5-3-12)23-18-24(16)8-9-26-18/h2-9,11,25H,10H2,1H3,(H,20,21,22). The summed E-state index contributed by atoms with van der Waals surface area (Å²) in [4.78, 5) is 13.2. The van der Waals surface area contributed by atoms with Crippen molar-refractivity contribution in [2.24, 2.45) is 0 Å². The van der Waals surface area contributed by atoms with Crippen LogP contribution in [0.2, 0.25) is 0 Å². The number of aliphatic hydroxyl groups is 1. The summed E-state index contributed by atoms with van der Waals surface area (Å²) in [7, 11) is 0. The average Bonchev–Trinajstić information content (AvgIpc) is 3.23. The molecule has 3 aromatic heterocycles. The zero-order valence-electron chi connectivity index (χ0n) is 13.9. The largest absolute Gasteiger partial charge is 0.432 e. The fourth-order valence-electron chi connectivity index (χ4n) is 2.67. The lowest BCUT2D eigenvalue weighted by molar-refractivity contribution is 0.281. The van der Waals surface area contributed by atoms with Crippen molar-refractivity contribution in [1.29, 1.82) is 0 Å². The maximum absolute atomic E-state index is 13.3. The number of aromatic nitrogens is 4. The van der Waals surface area contributed by atoms with Crippen LogP contribution in [-0.2, 0) is 0 Å². The number of halogens is 1. The molecule has 0 bridgehead atoms. The zero-order chi connectivity index (χ0) is 18.1. The Morgan fingerprint density at radius 3 is 2.81 bits per heavy atom. The highest BCUT2D eigenvalue weighted by Gasteiger charge is 2.19. The molecule has 0 aliphatic carbocycles. The number of benzene rings is 1. The Labute approximate surface area is 148 Å². The monoisotopic (exact) mass is 353 g/mol. The van der Waals surface area contributed by atoms with E-state index in [9.17, 15) is 9.50 Å². The van der Waals surface area contributed by atoms with Crippen LogP contribution in [0.3, 0.4) is 0 Å². The van der Waals surface area contributed by atoms with Crippen molar-refractivity contribution < 1.29 is 13.9 Å². The molecule has 132 valence electrons. The van der Waals surface area contributed by atoms with Gasteiger partial charge in [-0.3, -0.25) is 4.40 Å². The molecule has 4 aromatic rings. The molecule has 0 saturated carbocycles. The summed E-state index contributed by atoms with van der Waals surface area (Å²) in [5, 5.41) is 12.2. The van der Waals surface area contributed by atoms with E-state index < -0.39 is 0 Å². The summed E-state index contributed by atoms with van der Waals surface area (Å²) in [5.74, 6) is 0.494. The highest BCUT2D eigenvalue weighted by molar-refractivity contribution is 5.79. The van der Waals surface area contributed by atoms with E-state index in [2.05, 4.69) is 20.3 Å². The van der Waals surface area contributed by atoms with E-state index >= 15 is 0 Å². The zero-order valence-corrected chi connectivity index (χ0v) is 13.9. The molecule has 7 nitrogen and oxygen atoms in total. The normalized spacial score (nSPS) is 12.4. The van der Waals surface area contributed by atoms with Crippen LogP contribution in [0.15, 0.2) is 53.4 Å². The number of fused-ring (bicyclic) bond motifs is 1. The molecule has 26 heavy (non-hydrogen) atoms. The number of anilines is 1. The van der Waals surface area contributed by atoms with Gasteiger partial charge in [-0.25, -0.2) is 14.4 Å². The molecular weight excluding hydrogens is 337 g/mol. The van der Waals surface area contributed by atoms with Crippen molar-refractivity contribution in [1.82, 2.24) is 19.4 Å². The van der Waals surface area contributed by atoms with Gasteiger partial charge in [0.1, 0.15) is 23.5 Å². The number of aliphatic hydroxyl groups excluding tert-OH is 1. The number of hydrogen-bond acceptors (Lipinski definition) is 6. The minimum absolute atomic E-state index is 0.0346. The smallest absolute Gasteiger partial charge is 0.306 e. The topological polar surface area (TPSA) is 88.5 Å². The Bertz CT molecular complexity index is 1040. The highest BCUT2D eigenvalue weighted by Crippen LogP contribution is 2.32. The van der Waals surface area contributed by atoms with Gasteiger partial charge >= 0.3 is 5.84 Å². The summed E-state index contributed by atoms with van der Waals surface area (Å²) in [5.41, 5.74) is 2.71. The highest BCUT2D eigenvalue weighted by atomic mass is 19.1. The fourth-order valence-corrected chi connectivity index (χ4v) is 2.67. The lowest BCUT2D eigenvalue weighted by Gasteiger charge is -2.11. The molecule has 1 atom stereocenters. The second-order valence-corrected chi connectivity index (χ2v) is 5.86. The SMILES string of the molecule is CC(CO)Nc1nccc(-c2c(-c3ccc(F)cc3)nc3occn23)n1. The number of nitrogens with one attached hydrogen (secondary N) is 1. The van der Waals surface area contributed by atoms with Gasteiger partial charge in [0.2, 0.25) is 5.95 Å². The molecular formula is C18H16FN5O2. The molecule has 0 saturated heterocycles. The molecule has 0 spiro atoms. The van der Waals surface area contributed by atoms with Crippen molar-refractivity contribution in [2.45, 2.75) is 13.0 Å². The Balaban J connectivity index is 1.85. The summed E-state index contributed by atoms with van der Waals surface area (Å²) < 4.78 is 20.5. The van der Waals surface area contributed by atoms with Crippen LogP contribution < -0.4 is 5.32 Å². The first-order valence-electron chi connectivity index (χ1n) is 8.08. The molecule has 0 amide bonds. The quantitative estimate of drug-likeness (QED) is 0.573. The predicted molar refractivity (Wildman–Crippen MR) is 94.0 cm³/mol. The molecule has 1 unspecified atom stereocenters. The number of hydrogen-bond donors (Lipinski definition) is 2. The summed E-state index contributed by atoms with van der Waals surface area (Å²) >= 11 is 0. The van der Waals surface area contributed by atoms with Crippen LogP contribution in [0.4, 0.5) is 10.3 Å². The number of rotatable bonds is 5. The molecule has 0 radical (unpaired) electrons. The van der Waals surface area contributed by atoms with Crippen molar-refractivity contribution in [2.75, 3.05) is 11.9 Å². The van der Waals surface area contributed by atoms with Gasteiger partial charge in [0, 0.05) is 24.0 Å². The van der Waals surface area contributed by atoms with Crippen molar-refractivity contribution >= 4 is 11.8 Å². The van der Waals surface area contributed by atoms with E-state index in [0.717, 1.165) is 5.56 Å². The van der Waals surface area contributed by atoms with Gasteiger partial charge in [-0.1, -0.05) is 0 Å². The van der Waals surface area contributed by atoms with Crippen molar-refractivity contribution in [3.05, 3.63) is 54.8 Å². The first-order chi connectivity index (χ1) is 12.7. The maximum Gasteiger partial charge on any atom is 0.306 e.